The Morgan fingerprint density at radius 1 is 0.900 bits per heavy atom. The fourth-order valence-electron chi connectivity index (χ4n) is 4.33. The van der Waals surface area contributed by atoms with Crippen LogP contribution in [0, 0.1) is 0 Å². The first-order chi connectivity index (χ1) is 18.8. The first-order valence-electron chi connectivity index (χ1n) is 13.2. The number of halogens is 1. The number of hydrogen-bond acceptors (Lipinski definition) is 4. The predicted octanol–water partition coefficient (Wildman–Crippen LogP) is 5.22. The molecule has 214 valence electrons. The molecule has 0 spiro atoms. The number of hydrogen-bond donors (Lipinski definition) is 1. The number of sulfonamides is 1. The highest BCUT2D eigenvalue weighted by Crippen LogP contribution is 2.23. The Hall–Kier alpha value is -3.36. The molecule has 1 atom stereocenters. The number of rotatable bonds is 11. The van der Waals surface area contributed by atoms with Gasteiger partial charge in [0, 0.05) is 23.5 Å². The quantitative estimate of drug-likeness (QED) is 0.335. The molecule has 3 aromatic carbocycles. The van der Waals surface area contributed by atoms with Gasteiger partial charge in [-0.15, -0.1) is 0 Å². The summed E-state index contributed by atoms with van der Waals surface area (Å²) in [7, 11) is -3.82. The first kappa shape index (κ1) is 31.2. The van der Waals surface area contributed by atoms with E-state index in [9.17, 15) is 18.0 Å². The fraction of sp³-hybridized carbons (Fsp3) is 0.355. The van der Waals surface area contributed by atoms with E-state index in [2.05, 4.69) is 5.32 Å². The molecule has 0 radical (unpaired) electrons. The van der Waals surface area contributed by atoms with Gasteiger partial charge in [0.15, 0.2) is 0 Å². The van der Waals surface area contributed by atoms with Gasteiger partial charge in [-0.2, -0.15) is 0 Å². The number of carbonyl (C=O) groups excluding carboxylic acids is 2. The van der Waals surface area contributed by atoms with Crippen LogP contribution in [0.15, 0.2) is 78.9 Å². The zero-order chi connectivity index (χ0) is 29.5. The van der Waals surface area contributed by atoms with Gasteiger partial charge < -0.3 is 10.2 Å². The number of anilines is 1. The van der Waals surface area contributed by atoms with Crippen molar-refractivity contribution in [1.82, 2.24) is 10.2 Å². The Labute approximate surface area is 243 Å². The van der Waals surface area contributed by atoms with Crippen LogP contribution in [0.5, 0.6) is 0 Å². The Kier molecular flexibility index (Phi) is 10.4. The lowest BCUT2D eigenvalue weighted by Crippen LogP contribution is -2.56. The summed E-state index contributed by atoms with van der Waals surface area (Å²) in [6.07, 6.45) is 2.11. The summed E-state index contributed by atoms with van der Waals surface area (Å²) < 4.78 is 26.9. The molecule has 9 heteroatoms. The van der Waals surface area contributed by atoms with Crippen LogP contribution in [-0.2, 0) is 39.0 Å². The highest BCUT2D eigenvalue weighted by Gasteiger charge is 2.34. The van der Waals surface area contributed by atoms with E-state index in [0.29, 0.717) is 16.3 Å². The van der Waals surface area contributed by atoms with Crippen molar-refractivity contribution in [2.45, 2.75) is 58.7 Å². The molecule has 7 nitrogen and oxygen atoms in total. The van der Waals surface area contributed by atoms with Crippen LogP contribution in [0.2, 0.25) is 5.02 Å². The molecule has 40 heavy (non-hydrogen) atoms. The Balaban J connectivity index is 2.07. The predicted molar refractivity (Wildman–Crippen MR) is 162 cm³/mol. The van der Waals surface area contributed by atoms with Crippen LogP contribution in [-0.4, -0.2) is 49.5 Å². The van der Waals surface area contributed by atoms with Gasteiger partial charge in [0.1, 0.15) is 12.6 Å². The topological polar surface area (TPSA) is 86.8 Å². The van der Waals surface area contributed by atoms with Crippen molar-refractivity contribution in [3.05, 3.63) is 101 Å². The molecule has 0 aliphatic rings. The van der Waals surface area contributed by atoms with Crippen LogP contribution in [0.1, 0.15) is 44.4 Å². The highest BCUT2D eigenvalue weighted by atomic mass is 35.5. The van der Waals surface area contributed by atoms with E-state index in [-0.39, 0.29) is 18.9 Å². The average Bonchev–Trinajstić information content (AvgIpc) is 2.89. The third kappa shape index (κ3) is 8.83. The second-order valence-corrected chi connectivity index (χ2v) is 13.2. The lowest BCUT2D eigenvalue weighted by Gasteiger charge is -2.35. The normalized spacial score (nSPS) is 12.4. The van der Waals surface area contributed by atoms with Crippen molar-refractivity contribution in [3.63, 3.8) is 0 Å². The van der Waals surface area contributed by atoms with Gasteiger partial charge in [-0.3, -0.25) is 13.9 Å². The molecule has 3 rings (SSSR count). The van der Waals surface area contributed by atoms with Crippen molar-refractivity contribution in [2.24, 2.45) is 0 Å². The summed E-state index contributed by atoms with van der Waals surface area (Å²) in [6.45, 7) is 7.18. The molecule has 0 aromatic heterocycles. The Morgan fingerprint density at radius 2 is 1.50 bits per heavy atom. The lowest BCUT2D eigenvalue weighted by molar-refractivity contribution is -0.140. The van der Waals surface area contributed by atoms with Gasteiger partial charge in [0.05, 0.1) is 11.9 Å². The van der Waals surface area contributed by atoms with Gasteiger partial charge in [-0.05, 0) is 62.1 Å². The van der Waals surface area contributed by atoms with E-state index < -0.39 is 34.1 Å². The minimum absolute atomic E-state index is 0.0277. The highest BCUT2D eigenvalue weighted by molar-refractivity contribution is 7.92. The smallest absolute Gasteiger partial charge is 0.244 e. The molecular weight excluding hydrogens is 546 g/mol. The third-order valence-electron chi connectivity index (χ3n) is 6.38. The average molecular weight is 584 g/mol. The molecule has 0 saturated carbocycles. The SMILES string of the molecule is CCc1ccc(N(CC(=O)N(Cc2ccccc2Cl)[C@@H](Cc2ccccc2)C(=O)NC(C)(C)C)S(C)(=O)=O)cc1. The minimum Gasteiger partial charge on any atom is -0.350 e. The van der Waals surface area contributed by atoms with Gasteiger partial charge in [0.2, 0.25) is 21.8 Å². The molecule has 0 fully saturated rings. The molecule has 0 heterocycles. The first-order valence-corrected chi connectivity index (χ1v) is 15.5. The molecule has 0 aliphatic heterocycles. The van der Waals surface area contributed by atoms with Crippen molar-refractivity contribution in [3.8, 4) is 0 Å². The van der Waals surface area contributed by atoms with E-state index in [1.165, 1.54) is 4.90 Å². The maximum atomic E-state index is 14.1. The second kappa shape index (κ2) is 13.3. The van der Waals surface area contributed by atoms with Crippen molar-refractivity contribution in [2.75, 3.05) is 17.1 Å². The summed E-state index contributed by atoms with van der Waals surface area (Å²) in [5.74, 6) is -0.857. The standard InChI is InChI=1S/C31H38ClN3O4S/c1-6-23-16-18-26(19-17-23)35(40(5,38)39)22-29(36)34(21-25-14-10-11-15-27(25)32)28(30(37)33-31(2,3)4)20-24-12-8-7-9-13-24/h7-19,28H,6,20-22H2,1-5H3,(H,33,37)/t28-/m0/s1. The molecule has 0 unspecified atom stereocenters. The van der Waals surface area contributed by atoms with Crippen LogP contribution in [0.25, 0.3) is 0 Å². The van der Waals surface area contributed by atoms with Crippen molar-refractivity contribution < 1.29 is 18.0 Å². The van der Waals surface area contributed by atoms with Crippen molar-refractivity contribution >= 4 is 39.1 Å². The summed E-state index contributed by atoms with van der Waals surface area (Å²) in [5.41, 5.74) is 2.39. The zero-order valence-electron chi connectivity index (χ0n) is 23.7. The van der Waals surface area contributed by atoms with E-state index in [0.717, 1.165) is 28.1 Å². The maximum Gasteiger partial charge on any atom is 0.244 e. The number of benzene rings is 3. The molecule has 0 bridgehead atoms. The lowest BCUT2D eigenvalue weighted by atomic mass is 10.0. The molecule has 1 N–H and O–H groups in total. The summed E-state index contributed by atoms with van der Waals surface area (Å²) >= 11 is 6.48. The monoisotopic (exact) mass is 583 g/mol. The number of nitrogens with zero attached hydrogens (tertiary/aromatic N) is 2. The van der Waals surface area contributed by atoms with Crippen LogP contribution >= 0.6 is 11.6 Å². The van der Waals surface area contributed by atoms with E-state index in [1.54, 1.807) is 30.3 Å². The second-order valence-electron chi connectivity index (χ2n) is 10.8. The Bertz CT molecular complexity index is 1400. The largest absolute Gasteiger partial charge is 0.350 e. The molecule has 3 aromatic rings. The van der Waals surface area contributed by atoms with Crippen molar-refractivity contribution in [1.29, 1.82) is 0 Å². The maximum absolute atomic E-state index is 14.1. The summed E-state index contributed by atoms with van der Waals surface area (Å²) in [5, 5.41) is 3.45. The molecule has 2 amide bonds. The summed E-state index contributed by atoms with van der Waals surface area (Å²) in [4.78, 5) is 29.3. The van der Waals surface area contributed by atoms with Gasteiger partial charge in [-0.1, -0.05) is 79.2 Å². The van der Waals surface area contributed by atoms with Crippen LogP contribution in [0.4, 0.5) is 5.69 Å². The molecule has 0 aliphatic carbocycles. The van der Waals surface area contributed by atoms with E-state index in [4.69, 9.17) is 11.6 Å². The van der Waals surface area contributed by atoms with Crippen LogP contribution < -0.4 is 9.62 Å². The molecular formula is C31H38ClN3O4S. The Morgan fingerprint density at radius 3 is 2.05 bits per heavy atom. The summed E-state index contributed by atoms with van der Waals surface area (Å²) in [6, 6.07) is 22.7. The van der Waals surface area contributed by atoms with Gasteiger partial charge in [-0.25, -0.2) is 8.42 Å². The molecule has 0 saturated heterocycles. The number of carbonyl (C=O) groups is 2. The van der Waals surface area contributed by atoms with E-state index in [1.807, 2.05) is 76.2 Å². The zero-order valence-corrected chi connectivity index (χ0v) is 25.3. The third-order valence-corrected chi connectivity index (χ3v) is 7.89. The van der Waals surface area contributed by atoms with Gasteiger partial charge >= 0.3 is 0 Å². The minimum atomic E-state index is -3.82. The number of amides is 2. The number of nitrogens with one attached hydrogen (secondary N) is 1. The number of aryl methyl sites for hydroxylation is 1. The van der Waals surface area contributed by atoms with E-state index >= 15 is 0 Å². The van der Waals surface area contributed by atoms with Crippen LogP contribution in [0.3, 0.4) is 0 Å². The van der Waals surface area contributed by atoms with Gasteiger partial charge in [0.25, 0.3) is 0 Å². The fourth-order valence-corrected chi connectivity index (χ4v) is 5.37.